The van der Waals surface area contributed by atoms with Crippen molar-refractivity contribution < 1.29 is 14.3 Å². The van der Waals surface area contributed by atoms with Crippen molar-refractivity contribution in [2.45, 2.75) is 39.2 Å². The Hall–Kier alpha value is -2.01. The molecule has 0 radical (unpaired) electrons. The molecular weight excluding hydrogens is 268 g/mol. The van der Waals surface area contributed by atoms with Gasteiger partial charge < -0.3 is 9.47 Å². The van der Waals surface area contributed by atoms with Gasteiger partial charge in [0.1, 0.15) is 11.5 Å². The average molecular weight is 292 g/mol. The van der Waals surface area contributed by atoms with E-state index in [1.54, 1.807) is 6.08 Å². The van der Waals surface area contributed by atoms with Gasteiger partial charge in [0.25, 0.3) is 5.91 Å². The van der Waals surface area contributed by atoms with Crippen LogP contribution < -0.4 is 20.7 Å². The summed E-state index contributed by atoms with van der Waals surface area (Å²) in [7, 11) is 0. The van der Waals surface area contributed by atoms with Crippen LogP contribution in [-0.4, -0.2) is 18.6 Å². The summed E-state index contributed by atoms with van der Waals surface area (Å²) >= 11 is 0. The van der Waals surface area contributed by atoms with Crippen LogP contribution in [0.1, 0.15) is 32.3 Å². The zero-order valence-corrected chi connectivity index (χ0v) is 12.7. The van der Waals surface area contributed by atoms with Crippen molar-refractivity contribution in [2.75, 3.05) is 6.61 Å². The number of carbonyl (C=O) groups excluding carboxylic acids is 1. The molecule has 0 saturated carbocycles. The van der Waals surface area contributed by atoms with Gasteiger partial charge in [0.05, 0.1) is 6.61 Å². The number of allylic oxidation sites excluding steroid dienone is 1. The third kappa shape index (κ3) is 5.11. The molecule has 1 amide bonds. The largest absolute Gasteiger partial charge is 0.494 e. The van der Waals surface area contributed by atoms with E-state index in [1.165, 1.54) is 0 Å². The molecule has 3 N–H and O–H groups in total. The molecule has 0 heterocycles. The van der Waals surface area contributed by atoms with Crippen LogP contribution in [0.25, 0.3) is 0 Å². The Labute approximate surface area is 126 Å². The lowest BCUT2D eigenvalue weighted by molar-refractivity contribution is -0.128. The van der Waals surface area contributed by atoms with Crippen molar-refractivity contribution in [1.82, 2.24) is 5.43 Å². The van der Waals surface area contributed by atoms with Gasteiger partial charge in [0.15, 0.2) is 6.10 Å². The van der Waals surface area contributed by atoms with Gasteiger partial charge in [0, 0.05) is 5.56 Å². The Morgan fingerprint density at radius 3 is 2.81 bits per heavy atom. The molecule has 0 spiro atoms. The van der Waals surface area contributed by atoms with E-state index in [-0.39, 0.29) is 5.91 Å². The molecule has 1 rings (SSSR count). The number of rotatable bonds is 9. The minimum atomic E-state index is -0.596. The molecule has 0 saturated heterocycles. The molecular formula is C16H24N2O3. The van der Waals surface area contributed by atoms with Gasteiger partial charge in [-0.1, -0.05) is 19.4 Å². The lowest BCUT2D eigenvalue weighted by Gasteiger charge is -2.19. The molecule has 21 heavy (non-hydrogen) atoms. The van der Waals surface area contributed by atoms with E-state index >= 15 is 0 Å². The minimum absolute atomic E-state index is 0.324. The van der Waals surface area contributed by atoms with E-state index < -0.39 is 6.10 Å². The van der Waals surface area contributed by atoms with E-state index in [0.717, 1.165) is 17.7 Å². The van der Waals surface area contributed by atoms with E-state index in [1.807, 2.05) is 32.0 Å². The van der Waals surface area contributed by atoms with Gasteiger partial charge >= 0.3 is 0 Å². The summed E-state index contributed by atoms with van der Waals surface area (Å²) in [5.41, 5.74) is 3.08. The van der Waals surface area contributed by atoms with Crippen LogP contribution in [0.2, 0.25) is 0 Å². The third-order valence-electron chi connectivity index (χ3n) is 2.96. The second-order valence-corrected chi connectivity index (χ2v) is 4.60. The number of benzene rings is 1. The number of amides is 1. The molecule has 1 aromatic rings. The second kappa shape index (κ2) is 9.02. The highest BCUT2D eigenvalue weighted by molar-refractivity contribution is 5.80. The molecule has 0 aliphatic rings. The zero-order valence-electron chi connectivity index (χ0n) is 12.7. The van der Waals surface area contributed by atoms with E-state index in [0.29, 0.717) is 25.2 Å². The smallest absolute Gasteiger partial charge is 0.274 e. The molecule has 0 bridgehead atoms. The summed E-state index contributed by atoms with van der Waals surface area (Å²) in [5.74, 6) is 6.31. The summed E-state index contributed by atoms with van der Waals surface area (Å²) in [6.45, 7) is 8.26. The maximum atomic E-state index is 11.7. The van der Waals surface area contributed by atoms with Gasteiger partial charge in [-0.2, -0.15) is 0 Å². The van der Waals surface area contributed by atoms with E-state index in [4.69, 9.17) is 15.3 Å². The van der Waals surface area contributed by atoms with E-state index in [9.17, 15) is 4.79 Å². The number of nitrogens with one attached hydrogen (secondary N) is 1. The molecule has 1 aromatic carbocycles. The van der Waals surface area contributed by atoms with E-state index in [2.05, 4.69) is 12.0 Å². The van der Waals surface area contributed by atoms with Gasteiger partial charge in [-0.3, -0.25) is 10.2 Å². The predicted octanol–water partition coefficient (Wildman–Crippen LogP) is 2.35. The number of ether oxygens (including phenoxy) is 2. The normalized spacial score (nSPS) is 11.6. The third-order valence-corrected chi connectivity index (χ3v) is 2.96. The van der Waals surface area contributed by atoms with Crippen molar-refractivity contribution >= 4 is 5.91 Å². The van der Waals surface area contributed by atoms with Crippen molar-refractivity contribution in [3.05, 3.63) is 36.4 Å². The van der Waals surface area contributed by atoms with Gasteiger partial charge in [-0.05, 0) is 38.0 Å². The topological polar surface area (TPSA) is 73.6 Å². The molecule has 5 heteroatoms. The first-order chi connectivity index (χ1) is 10.2. The first-order valence-corrected chi connectivity index (χ1v) is 7.19. The Balaban J connectivity index is 2.98. The first-order valence-electron chi connectivity index (χ1n) is 7.19. The lowest BCUT2D eigenvalue weighted by Crippen LogP contribution is -2.42. The van der Waals surface area contributed by atoms with Crippen LogP contribution in [-0.2, 0) is 11.2 Å². The monoisotopic (exact) mass is 292 g/mol. The van der Waals surface area contributed by atoms with Gasteiger partial charge in [-0.25, -0.2) is 5.84 Å². The highest BCUT2D eigenvalue weighted by Gasteiger charge is 2.19. The summed E-state index contributed by atoms with van der Waals surface area (Å²) in [6.07, 6.45) is 3.26. The first kappa shape index (κ1) is 17.0. The molecule has 0 aromatic heterocycles. The van der Waals surface area contributed by atoms with Crippen molar-refractivity contribution in [1.29, 1.82) is 0 Å². The Bertz CT molecular complexity index is 475. The number of nitrogens with two attached hydrogens (primary N) is 1. The molecule has 0 aliphatic carbocycles. The minimum Gasteiger partial charge on any atom is -0.494 e. The highest BCUT2D eigenvalue weighted by atomic mass is 16.5. The number of carbonyl (C=O) groups is 1. The van der Waals surface area contributed by atoms with Crippen LogP contribution in [0.4, 0.5) is 0 Å². The Morgan fingerprint density at radius 1 is 1.48 bits per heavy atom. The van der Waals surface area contributed by atoms with Crippen LogP contribution >= 0.6 is 0 Å². The molecule has 0 aliphatic heterocycles. The summed E-state index contributed by atoms with van der Waals surface area (Å²) < 4.78 is 11.3. The SMILES string of the molecule is C=CCc1cc(OCC)ccc1OC(CCC)C(=O)NN. The maximum absolute atomic E-state index is 11.7. The van der Waals surface area contributed by atoms with Crippen LogP contribution in [0, 0.1) is 0 Å². The fourth-order valence-electron chi connectivity index (χ4n) is 1.99. The molecule has 116 valence electrons. The molecule has 5 nitrogen and oxygen atoms in total. The summed E-state index contributed by atoms with van der Waals surface area (Å²) in [5, 5.41) is 0. The summed E-state index contributed by atoms with van der Waals surface area (Å²) in [6, 6.07) is 5.55. The number of hydrazine groups is 1. The standard InChI is InChI=1S/C16H24N2O3/c1-4-7-12-11-13(20-6-3)9-10-14(12)21-15(8-5-2)16(19)18-17/h4,9-11,15H,1,5-8,17H2,2-3H3,(H,18,19). The maximum Gasteiger partial charge on any atom is 0.274 e. The molecule has 1 atom stereocenters. The zero-order chi connectivity index (χ0) is 15.7. The van der Waals surface area contributed by atoms with Crippen molar-refractivity contribution in [3.8, 4) is 11.5 Å². The fourth-order valence-corrected chi connectivity index (χ4v) is 1.99. The average Bonchev–Trinajstić information content (AvgIpc) is 2.49. The number of hydrogen-bond donors (Lipinski definition) is 2. The highest BCUT2D eigenvalue weighted by Crippen LogP contribution is 2.26. The molecule has 1 unspecified atom stereocenters. The van der Waals surface area contributed by atoms with Crippen LogP contribution in [0.5, 0.6) is 11.5 Å². The lowest BCUT2D eigenvalue weighted by atomic mass is 10.1. The second-order valence-electron chi connectivity index (χ2n) is 4.60. The fraction of sp³-hybridized carbons (Fsp3) is 0.438. The quantitative estimate of drug-likeness (QED) is 0.317. The van der Waals surface area contributed by atoms with Crippen molar-refractivity contribution in [2.24, 2.45) is 5.84 Å². The van der Waals surface area contributed by atoms with Crippen molar-refractivity contribution in [3.63, 3.8) is 0 Å². The van der Waals surface area contributed by atoms with Crippen LogP contribution in [0.3, 0.4) is 0 Å². The van der Waals surface area contributed by atoms with Crippen LogP contribution in [0.15, 0.2) is 30.9 Å². The Morgan fingerprint density at radius 2 is 2.24 bits per heavy atom. The van der Waals surface area contributed by atoms with Gasteiger partial charge in [0.2, 0.25) is 0 Å². The Kier molecular flexibility index (Phi) is 7.32. The van der Waals surface area contributed by atoms with Gasteiger partial charge in [-0.15, -0.1) is 6.58 Å². The number of hydrogen-bond acceptors (Lipinski definition) is 4. The molecule has 0 fully saturated rings. The predicted molar refractivity (Wildman–Crippen MR) is 83.2 cm³/mol. The summed E-state index contributed by atoms with van der Waals surface area (Å²) in [4.78, 5) is 11.7.